The number of nitrogens with two attached hydrogens (primary N) is 1. The van der Waals surface area contributed by atoms with Gasteiger partial charge in [-0.25, -0.2) is 13.1 Å². The zero-order valence-electron chi connectivity index (χ0n) is 10.9. The van der Waals surface area contributed by atoms with Crippen LogP contribution in [0.4, 0.5) is 11.6 Å². The van der Waals surface area contributed by atoms with Crippen LogP contribution >= 0.6 is 0 Å². The van der Waals surface area contributed by atoms with Crippen molar-refractivity contribution in [2.24, 2.45) is 0 Å². The molecular formula is C12H15N3O3S. The zero-order valence-corrected chi connectivity index (χ0v) is 11.7. The van der Waals surface area contributed by atoms with Crippen LogP contribution in [0.25, 0.3) is 0 Å². The van der Waals surface area contributed by atoms with Crippen LogP contribution in [0.2, 0.25) is 0 Å². The number of anilines is 2. The van der Waals surface area contributed by atoms with Crippen LogP contribution in [0.3, 0.4) is 0 Å². The molecule has 0 saturated heterocycles. The second kappa shape index (κ2) is 4.58. The first-order chi connectivity index (χ1) is 8.79. The molecule has 1 aromatic heterocycles. The molecule has 0 bridgehead atoms. The summed E-state index contributed by atoms with van der Waals surface area (Å²) < 4.78 is 31.8. The molecule has 0 aliphatic rings. The average Bonchev–Trinajstić information content (AvgIpc) is 2.68. The minimum atomic E-state index is -3.74. The van der Waals surface area contributed by atoms with Crippen molar-refractivity contribution in [1.29, 1.82) is 0 Å². The zero-order chi connectivity index (χ0) is 14.2. The van der Waals surface area contributed by atoms with E-state index in [1.807, 2.05) is 6.92 Å². The van der Waals surface area contributed by atoms with Gasteiger partial charge in [0.2, 0.25) is 5.88 Å². The Labute approximate surface area is 111 Å². The van der Waals surface area contributed by atoms with Gasteiger partial charge in [0.15, 0.2) is 0 Å². The van der Waals surface area contributed by atoms with Gasteiger partial charge in [-0.3, -0.25) is 0 Å². The van der Waals surface area contributed by atoms with E-state index in [0.717, 1.165) is 5.56 Å². The molecule has 2 aromatic rings. The third kappa shape index (κ3) is 2.70. The van der Waals surface area contributed by atoms with E-state index in [0.29, 0.717) is 16.9 Å². The van der Waals surface area contributed by atoms with E-state index in [1.54, 1.807) is 19.9 Å². The number of nitrogens with zero attached hydrogens (tertiary/aromatic N) is 1. The molecule has 0 amide bonds. The molecule has 0 fully saturated rings. The molecule has 0 saturated carbocycles. The molecule has 7 heteroatoms. The molecule has 0 aliphatic carbocycles. The first-order valence-corrected chi connectivity index (χ1v) is 7.11. The van der Waals surface area contributed by atoms with Crippen molar-refractivity contribution < 1.29 is 12.9 Å². The number of aromatic nitrogens is 1. The minimum absolute atomic E-state index is 0.0805. The highest BCUT2D eigenvalue weighted by atomic mass is 32.2. The van der Waals surface area contributed by atoms with Gasteiger partial charge in [0.1, 0.15) is 0 Å². The summed E-state index contributed by atoms with van der Waals surface area (Å²) in [5, 5.41) is 3.63. The van der Waals surface area contributed by atoms with Gasteiger partial charge in [-0.2, -0.15) is 0 Å². The van der Waals surface area contributed by atoms with E-state index in [-0.39, 0.29) is 10.8 Å². The van der Waals surface area contributed by atoms with Crippen molar-refractivity contribution >= 4 is 21.6 Å². The SMILES string of the molecule is Cc1cc(NS(=O)(=O)c2cc(N)cc(C)c2C)on1. The maximum atomic E-state index is 12.3. The van der Waals surface area contributed by atoms with Gasteiger partial charge in [0.05, 0.1) is 10.6 Å². The van der Waals surface area contributed by atoms with Gasteiger partial charge in [-0.1, -0.05) is 5.16 Å². The Kier molecular flexibility index (Phi) is 3.23. The predicted molar refractivity (Wildman–Crippen MR) is 72.4 cm³/mol. The topological polar surface area (TPSA) is 98.2 Å². The van der Waals surface area contributed by atoms with Gasteiger partial charge in [0, 0.05) is 11.8 Å². The Hall–Kier alpha value is -2.02. The minimum Gasteiger partial charge on any atom is -0.399 e. The van der Waals surface area contributed by atoms with Crippen molar-refractivity contribution in [2.45, 2.75) is 25.7 Å². The summed E-state index contributed by atoms with van der Waals surface area (Å²) in [6, 6.07) is 4.66. The molecule has 1 heterocycles. The first kappa shape index (κ1) is 13.4. The summed E-state index contributed by atoms with van der Waals surface area (Å²) in [7, 11) is -3.74. The molecular weight excluding hydrogens is 266 g/mol. The maximum absolute atomic E-state index is 12.3. The quantitative estimate of drug-likeness (QED) is 0.838. The molecule has 19 heavy (non-hydrogen) atoms. The van der Waals surface area contributed by atoms with E-state index in [2.05, 4.69) is 9.88 Å². The van der Waals surface area contributed by atoms with Crippen LogP contribution in [-0.4, -0.2) is 13.6 Å². The van der Waals surface area contributed by atoms with Crippen LogP contribution in [-0.2, 0) is 10.0 Å². The molecule has 0 aliphatic heterocycles. The molecule has 1 aromatic carbocycles. The van der Waals surface area contributed by atoms with Gasteiger partial charge in [0.25, 0.3) is 10.0 Å². The van der Waals surface area contributed by atoms with Crippen molar-refractivity contribution in [1.82, 2.24) is 5.16 Å². The maximum Gasteiger partial charge on any atom is 0.264 e. The van der Waals surface area contributed by atoms with E-state index < -0.39 is 10.0 Å². The van der Waals surface area contributed by atoms with Crippen LogP contribution < -0.4 is 10.5 Å². The van der Waals surface area contributed by atoms with Crippen molar-refractivity contribution in [3.8, 4) is 0 Å². The number of aryl methyl sites for hydroxylation is 2. The van der Waals surface area contributed by atoms with Gasteiger partial charge in [-0.15, -0.1) is 0 Å². The summed E-state index contributed by atoms with van der Waals surface area (Å²) in [5.74, 6) is 0.0805. The van der Waals surface area contributed by atoms with Crippen molar-refractivity contribution in [2.75, 3.05) is 10.5 Å². The number of nitrogens with one attached hydrogen (secondary N) is 1. The Balaban J connectivity index is 2.45. The van der Waals surface area contributed by atoms with Gasteiger partial charge in [-0.05, 0) is 44.0 Å². The number of rotatable bonds is 3. The molecule has 0 spiro atoms. The Morgan fingerprint density at radius 3 is 2.47 bits per heavy atom. The van der Waals surface area contributed by atoms with Crippen LogP contribution in [0, 0.1) is 20.8 Å². The molecule has 6 nitrogen and oxygen atoms in total. The number of sulfonamides is 1. The lowest BCUT2D eigenvalue weighted by atomic mass is 10.1. The summed E-state index contributed by atoms with van der Waals surface area (Å²) in [4.78, 5) is 0.138. The van der Waals surface area contributed by atoms with Crippen LogP contribution in [0.5, 0.6) is 0 Å². The highest BCUT2D eigenvalue weighted by molar-refractivity contribution is 7.92. The van der Waals surface area contributed by atoms with Crippen LogP contribution in [0.15, 0.2) is 27.6 Å². The second-order valence-electron chi connectivity index (χ2n) is 4.40. The monoisotopic (exact) mass is 281 g/mol. The third-order valence-corrected chi connectivity index (χ3v) is 4.27. The lowest BCUT2D eigenvalue weighted by Crippen LogP contribution is -2.14. The molecule has 0 atom stereocenters. The van der Waals surface area contributed by atoms with Crippen LogP contribution in [0.1, 0.15) is 16.8 Å². The van der Waals surface area contributed by atoms with Crippen molar-refractivity contribution in [3.63, 3.8) is 0 Å². The normalized spacial score (nSPS) is 11.5. The number of nitrogen functional groups attached to an aromatic ring is 1. The lowest BCUT2D eigenvalue weighted by Gasteiger charge is -2.11. The van der Waals surface area contributed by atoms with E-state index in [1.165, 1.54) is 12.1 Å². The highest BCUT2D eigenvalue weighted by Gasteiger charge is 2.20. The predicted octanol–water partition coefficient (Wildman–Crippen LogP) is 1.98. The van der Waals surface area contributed by atoms with Gasteiger partial charge < -0.3 is 10.3 Å². The van der Waals surface area contributed by atoms with E-state index in [4.69, 9.17) is 10.3 Å². The Bertz CT molecular complexity index is 720. The highest BCUT2D eigenvalue weighted by Crippen LogP contribution is 2.24. The Morgan fingerprint density at radius 1 is 1.21 bits per heavy atom. The van der Waals surface area contributed by atoms with Crippen molar-refractivity contribution in [3.05, 3.63) is 35.0 Å². The molecule has 102 valence electrons. The molecule has 0 unspecified atom stereocenters. The number of benzene rings is 1. The molecule has 2 rings (SSSR count). The van der Waals surface area contributed by atoms with Gasteiger partial charge >= 0.3 is 0 Å². The fourth-order valence-electron chi connectivity index (χ4n) is 1.73. The fraction of sp³-hybridized carbons (Fsp3) is 0.250. The first-order valence-electron chi connectivity index (χ1n) is 5.62. The van der Waals surface area contributed by atoms with E-state index >= 15 is 0 Å². The standard InChI is InChI=1S/C12H15N3O3S/c1-7-4-10(13)6-11(9(7)3)19(16,17)15-12-5-8(2)14-18-12/h4-6,15H,13H2,1-3H3. The molecule has 0 radical (unpaired) electrons. The average molecular weight is 281 g/mol. The summed E-state index contributed by atoms with van der Waals surface area (Å²) in [6.07, 6.45) is 0. The largest absolute Gasteiger partial charge is 0.399 e. The number of hydrogen-bond donors (Lipinski definition) is 2. The Morgan fingerprint density at radius 2 is 1.89 bits per heavy atom. The number of hydrogen-bond acceptors (Lipinski definition) is 5. The summed E-state index contributed by atoms with van der Waals surface area (Å²) in [5.41, 5.74) is 8.16. The van der Waals surface area contributed by atoms with E-state index in [9.17, 15) is 8.42 Å². The smallest absolute Gasteiger partial charge is 0.264 e. The molecule has 3 N–H and O–H groups in total. The second-order valence-corrected chi connectivity index (χ2v) is 6.05. The third-order valence-electron chi connectivity index (χ3n) is 2.79. The lowest BCUT2D eigenvalue weighted by molar-refractivity contribution is 0.430. The summed E-state index contributed by atoms with van der Waals surface area (Å²) >= 11 is 0. The fourth-order valence-corrected chi connectivity index (χ4v) is 3.06. The summed E-state index contributed by atoms with van der Waals surface area (Å²) in [6.45, 7) is 5.25.